The average molecular weight is 609 g/mol. The number of ketones is 2. The molecule has 5 rings (SSSR count). The molecule has 4 atom stereocenters. The number of anilines is 2. The molecule has 13 nitrogen and oxygen atoms in total. The van der Waals surface area contributed by atoms with Gasteiger partial charge in [-0.25, -0.2) is 0 Å². The first-order valence-electron chi connectivity index (χ1n) is 14.0. The van der Waals surface area contributed by atoms with E-state index in [1.54, 1.807) is 51.3 Å². The molecule has 3 aliphatic rings. The third-order valence-corrected chi connectivity index (χ3v) is 8.91. The zero-order valence-electron chi connectivity index (χ0n) is 25.0. The molecule has 3 aliphatic carbocycles. The van der Waals surface area contributed by atoms with Crippen molar-refractivity contribution in [2.24, 2.45) is 17.6 Å². The van der Waals surface area contributed by atoms with E-state index < -0.39 is 63.8 Å². The maximum Gasteiger partial charge on any atom is 0.255 e. The number of allylic oxidation sites excluding steroid dienone is 1. The first kappa shape index (κ1) is 30.7. The summed E-state index contributed by atoms with van der Waals surface area (Å²) < 4.78 is 5.08. The zero-order chi connectivity index (χ0) is 32.4. The van der Waals surface area contributed by atoms with Gasteiger partial charge in [-0.05, 0) is 62.2 Å². The quantitative estimate of drug-likeness (QED) is 0.176. The maximum absolute atomic E-state index is 14.2. The first-order chi connectivity index (χ1) is 20.6. The Hall–Kier alpha value is -4.75. The van der Waals surface area contributed by atoms with Crippen LogP contribution in [0.2, 0.25) is 0 Å². The number of amides is 1. The number of likely N-dealkylation sites (N-methyl/N-ethyl adjacent to an activating group) is 1. The number of hydrogen-bond acceptors (Lipinski definition) is 12. The van der Waals surface area contributed by atoms with Crippen molar-refractivity contribution < 1.29 is 44.7 Å². The number of fused-ring (bicyclic) bond motifs is 3. The number of aromatic hydroxyl groups is 2. The van der Waals surface area contributed by atoms with E-state index >= 15 is 0 Å². The molecule has 2 aromatic carbocycles. The summed E-state index contributed by atoms with van der Waals surface area (Å²) in [6.45, 7) is 0.162. The monoisotopic (exact) mass is 608 g/mol. The van der Waals surface area contributed by atoms with E-state index in [1.165, 1.54) is 18.1 Å². The van der Waals surface area contributed by atoms with Gasteiger partial charge in [-0.15, -0.1) is 0 Å². The standard InChI is InChI=1S/C31H36N4O9/c1-34(2)18-11-17(33-12-13-6-7-20(44-5)19(36)8-13)25(37)22-15(18)9-14-10-16-24(35(3)4)27(39)23(30(32)42)29(41)31(16,43)28(40)21(14)26(22)38/h6-8,11,14,16,24,33,36-37,39-40,43H,9-10,12H2,1-5H3,(H2,32,42)/t14-,16-,24-,31+/m0/s1. The number of carbonyl (C=O) groups is 3. The minimum absolute atomic E-state index is 0.000354. The number of primary amides is 1. The van der Waals surface area contributed by atoms with E-state index in [2.05, 4.69) is 5.32 Å². The molecule has 0 saturated carbocycles. The molecule has 0 aromatic heterocycles. The molecule has 8 N–H and O–H groups in total. The Kier molecular flexibility index (Phi) is 7.50. The van der Waals surface area contributed by atoms with Gasteiger partial charge in [0.05, 0.1) is 24.4 Å². The van der Waals surface area contributed by atoms with E-state index in [9.17, 15) is 39.9 Å². The highest BCUT2D eigenvalue weighted by Gasteiger charge is 2.63. The summed E-state index contributed by atoms with van der Waals surface area (Å²) >= 11 is 0. The van der Waals surface area contributed by atoms with Crippen LogP contribution in [-0.4, -0.2) is 94.8 Å². The van der Waals surface area contributed by atoms with Gasteiger partial charge in [-0.1, -0.05) is 6.07 Å². The van der Waals surface area contributed by atoms with Gasteiger partial charge in [0.1, 0.15) is 22.8 Å². The summed E-state index contributed by atoms with van der Waals surface area (Å²) in [5.74, 6) is -6.82. The number of aliphatic hydroxyl groups excluding tert-OH is 2. The molecule has 0 fully saturated rings. The first-order valence-corrected chi connectivity index (χ1v) is 14.0. The molecule has 234 valence electrons. The van der Waals surface area contributed by atoms with Crippen LogP contribution < -0.4 is 20.7 Å². The third-order valence-electron chi connectivity index (χ3n) is 8.91. The lowest BCUT2D eigenvalue weighted by Crippen LogP contribution is -2.63. The number of aliphatic hydroxyl groups is 3. The predicted molar refractivity (Wildman–Crippen MR) is 160 cm³/mol. The Morgan fingerprint density at radius 2 is 1.80 bits per heavy atom. The molecule has 44 heavy (non-hydrogen) atoms. The van der Waals surface area contributed by atoms with Gasteiger partial charge in [0.25, 0.3) is 5.91 Å². The number of benzene rings is 2. The van der Waals surface area contributed by atoms with Crippen molar-refractivity contribution in [1.29, 1.82) is 0 Å². The summed E-state index contributed by atoms with van der Waals surface area (Å²) in [7, 11) is 8.15. The molecule has 0 saturated heterocycles. The molecule has 0 heterocycles. The smallest absolute Gasteiger partial charge is 0.255 e. The Balaban J connectivity index is 1.62. The van der Waals surface area contributed by atoms with Gasteiger partial charge in [0, 0.05) is 37.8 Å². The second-order valence-corrected chi connectivity index (χ2v) is 11.9. The van der Waals surface area contributed by atoms with Crippen LogP contribution in [0.15, 0.2) is 46.9 Å². The Morgan fingerprint density at radius 3 is 2.36 bits per heavy atom. The molecule has 0 unspecified atom stereocenters. The van der Waals surface area contributed by atoms with Crippen molar-refractivity contribution >= 4 is 28.8 Å². The van der Waals surface area contributed by atoms with Crippen molar-refractivity contribution in [2.75, 3.05) is 45.5 Å². The van der Waals surface area contributed by atoms with Gasteiger partial charge < -0.3 is 46.2 Å². The highest BCUT2D eigenvalue weighted by atomic mass is 16.5. The third kappa shape index (κ3) is 4.42. The SMILES string of the molecule is COc1ccc(CNc2cc(N(C)C)c3c(c2O)C(=O)C2=C(O)[C@@]4(O)C(=O)C(C(N)=O)=C(O)[C@@H](N(C)C)[C@@H]4C[C@@H]2C3)cc1O. The summed E-state index contributed by atoms with van der Waals surface area (Å²) in [5.41, 5.74) is 3.49. The van der Waals surface area contributed by atoms with Crippen LogP contribution in [0.1, 0.15) is 27.9 Å². The second-order valence-electron chi connectivity index (χ2n) is 11.9. The number of nitrogens with one attached hydrogen (secondary N) is 1. The summed E-state index contributed by atoms with van der Waals surface area (Å²) in [6, 6.07) is 5.45. The molecule has 0 bridgehead atoms. The molecule has 0 radical (unpaired) electrons. The van der Waals surface area contributed by atoms with E-state index in [1.807, 2.05) is 0 Å². The normalized spacial score (nSPS) is 24.6. The minimum atomic E-state index is -2.71. The number of ether oxygens (including phenoxy) is 1. The van der Waals surface area contributed by atoms with Crippen LogP contribution in [0.5, 0.6) is 17.2 Å². The zero-order valence-corrected chi connectivity index (χ0v) is 25.0. The van der Waals surface area contributed by atoms with E-state index in [-0.39, 0.29) is 42.0 Å². The Morgan fingerprint density at radius 1 is 1.11 bits per heavy atom. The second kappa shape index (κ2) is 10.8. The van der Waals surface area contributed by atoms with E-state index in [0.29, 0.717) is 22.6 Å². The fourth-order valence-corrected chi connectivity index (χ4v) is 6.88. The Bertz CT molecular complexity index is 1660. The van der Waals surface area contributed by atoms with Crippen LogP contribution in [0.3, 0.4) is 0 Å². The average Bonchev–Trinajstić information content (AvgIpc) is 2.94. The highest BCUT2D eigenvalue weighted by molar-refractivity contribution is 6.25. The van der Waals surface area contributed by atoms with Crippen LogP contribution >= 0.6 is 0 Å². The number of carbonyl (C=O) groups excluding carboxylic acids is 3. The predicted octanol–water partition coefficient (Wildman–Crippen LogP) is 1.51. The number of rotatable bonds is 7. The number of phenols is 2. The van der Waals surface area contributed by atoms with E-state index in [0.717, 1.165) is 0 Å². The van der Waals surface area contributed by atoms with Gasteiger partial charge in [0.2, 0.25) is 5.78 Å². The minimum Gasteiger partial charge on any atom is -0.510 e. The molecular weight excluding hydrogens is 572 g/mol. The van der Waals surface area contributed by atoms with Crippen LogP contribution in [0.4, 0.5) is 11.4 Å². The fraction of sp³-hybridized carbons (Fsp3) is 0.387. The van der Waals surface area contributed by atoms with Crippen molar-refractivity contribution in [3.8, 4) is 17.2 Å². The van der Waals surface area contributed by atoms with Crippen molar-refractivity contribution in [1.82, 2.24) is 4.90 Å². The molecule has 0 spiro atoms. The lowest BCUT2D eigenvalue weighted by molar-refractivity contribution is -0.148. The molecule has 1 amide bonds. The van der Waals surface area contributed by atoms with Crippen LogP contribution in [0.25, 0.3) is 0 Å². The van der Waals surface area contributed by atoms with Crippen molar-refractivity contribution in [3.05, 3.63) is 63.6 Å². The molecule has 0 aliphatic heterocycles. The molecule has 13 heteroatoms. The number of Topliss-reactive ketones (excluding diaryl/α,β-unsaturated/α-hetero) is 2. The summed E-state index contributed by atoms with van der Waals surface area (Å²) in [4.78, 5) is 43.2. The number of hydrogen-bond donors (Lipinski definition) is 7. The summed E-state index contributed by atoms with van der Waals surface area (Å²) in [6.07, 6.45) is 0.169. The highest BCUT2D eigenvalue weighted by Crippen LogP contribution is 2.54. The number of nitrogens with zero attached hydrogens (tertiary/aromatic N) is 2. The van der Waals surface area contributed by atoms with Gasteiger partial charge in [-0.2, -0.15) is 0 Å². The maximum atomic E-state index is 14.2. The van der Waals surface area contributed by atoms with E-state index in [4.69, 9.17) is 10.5 Å². The van der Waals surface area contributed by atoms with Crippen LogP contribution in [0, 0.1) is 11.8 Å². The number of nitrogens with two attached hydrogens (primary N) is 1. The lowest BCUT2D eigenvalue weighted by Gasteiger charge is -2.50. The van der Waals surface area contributed by atoms with Crippen molar-refractivity contribution in [3.63, 3.8) is 0 Å². The lowest BCUT2D eigenvalue weighted by atomic mass is 9.58. The number of methoxy groups -OCH3 is 1. The topological polar surface area (TPSA) is 206 Å². The van der Waals surface area contributed by atoms with Crippen molar-refractivity contribution in [2.45, 2.75) is 31.0 Å². The Labute approximate surface area is 253 Å². The van der Waals surface area contributed by atoms with Crippen LogP contribution in [-0.2, 0) is 22.6 Å². The fourth-order valence-electron chi connectivity index (χ4n) is 6.88. The number of phenolic OH excluding ortho intramolecular Hbond substituents is 2. The van der Waals surface area contributed by atoms with Gasteiger partial charge in [0.15, 0.2) is 22.9 Å². The largest absolute Gasteiger partial charge is 0.510 e. The molecular formula is C31H36N4O9. The summed E-state index contributed by atoms with van der Waals surface area (Å²) in [5, 5.41) is 58.9. The van der Waals surface area contributed by atoms with Gasteiger partial charge >= 0.3 is 0 Å². The van der Waals surface area contributed by atoms with Gasteiger partial charge in [-0.3, -0.25) is 19.3 Å². The molecule has 2 aromatic rings.